The number of para-hydroxylation sites is 1. The Labute approximate surface area is 131 Å². The summed E-state index contributed by atoms with van der Waals surface area (Å²) in [6.45, 7) is 1.08. The number of nitrogens with one attached hydrogen (secondary N) is 2. The molecule has 2 aromatic rings. The molecule has 0 spiro atoms. The van der Waals surface area contributed by atoms with Crippen molar-refractivity contribution in [2.75, 3.05) is 11.9 Å². The molecule has 0 aromatic heterocycles. The number of hydrogen-bond acceptors (Lipinski definition) is 2. The first kappa shape index (κ1) is 14.8. The molecule has 0 saturated carbocycles. The monoisotopic (exact) mass is 293 g/mol. The maximum Gasteiger partial charge on any atom is 0.255 e. The summed E-state index contributed by atoms with van der Waals surface area (Å²) in [6.07, 6.45) is 5.91. The fourth-order valence-corrected chi connectivity index (χ4v) is 2.76. The first-order valence-electron chi connectivity index (χ1n) is 7.86. The molecule has 1 heterocycles. The summed E-state index contributed by atoms with van der Waals surface area (Å²) < 4.78 is 0. The molecular weight excluding hydrogens is 272 g/mol. The van der Waals surface area contributed by atoms with E-state index in [0.717, 1.165) is 17.8 Å². The molecule has 0 aliphatic carbocycles. The first-order chi connectivity index (χ1) is 10.8. The van der Waals surface area contributed by atoms with Crippen LogP contribution in [0.1, 0.15) is 35.2 Å². The largest absolute Gasteiger partial charge is 0.322 e. The van der Waals surface area contributed by atoms with Gasteiger partial charge >= 0.3 is 0 Å². The number of rotatable bonds is 4. The highest BCUT2D eigenvalue weighted by Crippen LogP contribution is 2.16. The van der Waals surface area contributed by atoms with Gasteiger partial charge in [0, 0.05) is 23.7 Å². The molecule has 22 heavy (non-hydrogen) atoms. The van der Waals surface area contributed by atoms with Crippen LogP contribution in [0.25, 0.3) is 0 Å². The van der Waals surface area contributed by atoms with Crippen molar-refractivity contribution in [2.24, 2.45) is 0 Å². The molecule has 113 valence electrons. The smallest absolute Gasteiger partial charge is 0.255 e. The fraction of sp³-hybridized carbons (Fsp3) is 0.263. The Morgan fingerprint density at radius 3 is 2.73 bits per heavy atom. The quantitative estimate of drug-likeness (QED) is 0.903. The van der Waals surface area contributed by atoms with Gasteiger partial charge in [-0.15, -0.1) is 0 Å². The zero-order valence-corrected chi connectivity index (χ0v) is 12.6. The van der Waals surface area contributed by atoms with Gasteiger partial charge in [0.15, 0.2) is 0 Å². The van der Waals surface area contributed by atoms with Crippen LogP contribution in [0.3, 0.4) is 0 Å². The number of piperidine rings is 1. The molecule has 0 bridgehead atoms. The number of amides is 1. The van der Waals surface area contributed by atoms with Crippen molar-refractivity contribution in [3.63, 3.8) is 0 Å². The van der Waals surface area contributed by atoms with E-state index in [2.05, 4.69) is 23.1 Å². The van der Waals surface area contributed by atoms with Crippen molar-refractivity contribution in [2.45, 2.75) is 25.3 Å². The molecule has 3 rings (SSSR count). The maximum atomic E-state index is 12.3. The highest BCUT2D eigenvalue weighted by atomic mass is 16.1. The Kier molecular flexibility index (Phi) is 4.86. The van der Waals surface area contributed by atoms with Gasteiger partial charge in [0.2, 0.25) is 0 Å². The highest BCUT2D eigenvalue weighted by molar-refractivity contribution is 6.04. The van der Waals surface area contributed by atoms with E-state index in [9.17, 15) is 4.79 Å². The summed E-state index contributed by atoms with van der Waals surface area (Å²) in [4.78, 5) is 12.3. The van der Waals surface area contributed by atoms with Crippen LogP contribution in [0.4, 0.5) is 5.69 Å². The third-order valence-corrected chi connectivity index (χ3v) is 3.92. The highest BCUT2D eigenvalue weighted by Gasteiger charge is 2.14. The minimum Gasteiger partial charge on any atom is -0.322 e. The van der Waals surface area contributed by atoms with Crippen LogP contribution in [0, 0.1) is 6.42 Å². The average molecular weight is 293 g/mol. The SMILES string of the molecule is O=C(Nc1ccccc1)c1cccc([CH][C@H]2CCCCN2)c1. The van der Waals surface area contributed by atoms with E-state index in [1.54, 1.807) is 0 Å². The molecule has 2 aromatic carbocycles. The van der Waals surface area contributed by atoms with Crippen molar-refractivity contribution in [3.05, 3.63) is 72.1 Å². The Morgan fingerprint density at radius 2 is 1.95 bits per heavy atom. The van der Waals surface area contributed by atoms with E-state index >= 15 is 0 Å². The number of benzene rings is 2. The van der Waals surface area contributed by atoms with E-state index in [0.29, 0.717) is 11.6 Å². The second-order valence-electron chi connectivity index (χ2n) is 5.67. The summed E-state index contributed by atoms with van der Waals surface area (Å²) in [6, 6.07) is 17.7. The van der Waals surface area contributed by atoms with Crippen molar-refractivity contribution < 1.29 is 4.79 Å². The van der Waals surface area contributed by atoms with E-state index in [-0.39, 0.29) is 5.91 Å². The van der Waals surface area contributed by atoms with Crippen molar-refractivity contribution >= 4 is 11.6 Å². The van der Waals surface area contributed by atoms with E-state index in [4.69, 9.17) is 0 Å². The minimum absolute atomic E-state index is 0.0712. The number of carbonyl (C=O) groups excluding carboxylic acids is 1. The van der Waals surface area contributed by atoms with Gasteiger partial charge in [0.05, 0.1) is 0 Å². The van der Waals surface area contributed by atoms with Crippen LogP contribution in [-0.2, 0) is 0 Å². The van der Waals surface area contributed by atoms with E-state index < -0.39 is 0 Å². The van der Waals surface area contributed by atoms with E-state index in [1.165, 1.54) is 19.3 Å². The molecule has 2 N–H and O–H groups in total. The number of anilines is 1. The Hall–Kier alpha value is -2.13. The minimum atomic E-state index is -0.0712. The zero-order valence-electron chi connectivity index (χ0n) is 12.6. The molecule has 0 unspecified atom stereocenters. The van der Waals surface area contributed by atoms with Crippen LogP contribution < -0.4 is 10.6 Å². The normalized spacial score (nSPS) is 17.9. The Balaban J connectivity index is 1.66. The van der Waals surface area contributed by atoms with Crippen LogP contribution in [0.15, 0.2) is 54.6 Å². The molecule has 3 nitrogen and oxygen atoms in total. The third-order valence-electron chi connectivity index (χ3n) is 3.92. The van der Waals surface area contributed by atoms with Gasteiger partial charge in [-0.1, -0.05) is 36.8 Å². The van der Waals surface area contributed by atoms with E-state index in [1.807, 2.05) is 48.5 Å². The maximum absolute atomic E-state index is 12.3. The molecule has 1 atom stereocenters. The molecule has 3 heteroatoms. The van der Waals surface area contributed by atoms with Crippen molar-refractivity contribution in [3.8, 4) is 0 Å². The summed E-state index contributed by atoms with van der Waals surface area (Å²) in [5.74, 6) is -0.0712. The lowest BCUT2D eigenvalue weighted by atomic mass is 9.97. The molecule has 1 fully saturated rings. The van der Waals surface area contributed by atoms with Gasteiger partial charge in [-0.2, -0.15) is 0 Å². The summed E-state index contributed by atoms with van der Waals surface area (Å²) >= 11 is 0. The lowest BCUT2D eigenvalue weighted by Crippen LogP contribution is -2.34. The molecular formula is C19H21N2O. The molecule has 1 amide bonds. The standard InChI is InChI=1S/C19H21N2O/c22-19(21-17-9-2-1-3-10-17)16-8-6-7-15(13-16)14-18-11-4-5-12-20-18/h1-3,6-10,13-14,18,20H,4-5,11-12H2,(H,21,22)/t18-/m1/s1. The van der Waals surface area contributed by atoms with Gasteiger partial charge in [0.1, 0.15) is 0 Å². The predicted molar refractivity (Wildman–Crippen MR) is 89.9 cm³/mol. The number of carbonyl (C=O) groups is 1. The van der Waals surface area contributed by atoms with Crippen LogP contribution >= 0.6 is 0 Å². The second-order valence-corrected chi connectivity index (χ2v) is 5.67. The Morgan fingerprint density at radius 1 is 1.09 bits per heavy atom. The second kappa shape index (κ2) is 7.23. The van der Waals surface area contributed by atoms with Gasteiger partial charge in [-0.3, -0.25) is 4.79 Å². The lowest BCUT2D eigenvalue weighted by Gasteiger charge is -2.23. The van der Waals surface area contributed by atoms with Crippen LogP contribution in [0.5, 0.6) is 0 Å². The molecule has 1 aliphatic heterocycles. The third kappa shape index (κ3) is 3.95. The molecule has 1 radical (unpaired) electrons. The van der Waals surface area contributed by atoms with Gasteiger partial charge in [-0.05, 0) is 49.2 Å². The van der Waals surface area contributed by atoms with Crippen molar-refractivity contribution in [1.29, 1.82) is 0 Å². The van der Waals surface area contributed by atoms with Gasteiger partial charge in [0.25, 0.3) is 5.91 Å². The lowest BCUT2D eigenvalue weighted by molar-refractivity contribution is 0.102. The predicted octanol–water partition coefficient (Wildman–Crippen LogP) is 3.63. The molecule has 1 saturated heterocycles. The van der Waals surface area contributed by atoms with Gasteiger partial charge in [-0.25, -0.2) is 0 Å². The van der Waals surface area contributed by atoms with Gasteiger partial charge < -0.3 is 10.6 Å². The topological polar surface area (TPSA) is 41.1 Å². The average Bonchev–Trinajstić information content (AvgIpc) is 2.57. The summed E-state index contributed by atoms with van der Waals surface area (Å²) in [5.41, 5.74) is 2.60. The number of hydrogen-bond donors (Lipinski definition) is 2. The summed E-state index contributed by atoms with van der Waals surface area (Å²) in [5, 5.41) is 6.42. The van der Waals surface area contributed by atoms with Crippen LogP contribution in [0.2, 0.25) is 0 Å². The Bertz CT molecular complexity index is 618. The molecule has 1 aliphatic rings. The zero-order chi connectivity index (χ0) is 15.2. The first-order valence-corrected chi connectivity index (χ1v) is 7.86. The fourth-order valence-electron chi connectivity index (χ4n) is 2.76. The van der Waals surface area contributed by atoms with Crippen molar-refractivity contribution in [1.82, 2.24) is 5.32 Å². The van der Waals surface area contributed by atoms with Crippen LogP contribution in [-0.4, -0.2) is 18.5 Å². The summed E-state index contributed by atoms with van der Waals surface area (Å²) in [7, 11) is 0.